The quantitative estimate of drug-likeness (QED) is 0.832. The molecule has 0 saturated carbocycles. The van der Waals surface area contributed by atoms with Crippen molar-refractivity contribution in [2.75, 3.05) is 0 Å². The Hall–Kier alpha value is -1.10. The molecule has 0 aliphatic heterocycles. The van der Waals surface area contributed by atoms with Crippen molar-refractivity contribution in [1.82, 2.24) is 0 Å². The minimum Gasteiger partial charge on any atom is -0.326 e. The van der Waals surface area contributed by atoms with Crippen molar-refractivity contribution < 1.29 is 4.79 Å². The van der Waals surface area contributed by atoms with E-state index in [4.69, 9.17) is 34.7 Å². The van der Waals surface area contributed by atoms with Crippen LogP contribution in [-0.4, -0.2) is 5.78 Å². The Bertz CT molecular complexity index is 604. The first-order valence-electron chi connectivity index (χ1n) is 6.08. The molecular formula is C15H15Cl3N2O. The van der Waals surface area contributed by atoms with Crippen LogP contribution >= 0.6 is 35.6 Å². The van der Waals surface area contributed by atoms with Gasteiger partial charge in [-0.05, 0) is 23.3 Å². The van der Waals surface area contributed by atoms with E-state index in [1.165, 1.54) is 0 Å². The van der Waals surface area contributed by atoms with Gasteiger partial charge in [-0.15, -0.1) is 12.4 Å². The fourth-order valence-electron chi connectivity index (χ4n) is 1.87. The number of carbonyl (C=O) groups is 1. The molecule has 2 aromatic rings. The summed E-state index contributed by atoms with van der Waals surface area (Å²) in [6, 6.07) is 10.2. The smallest absolute Gasteiger partial charge is 0.193 e. The lowest BCUT2D eigenvalue weighted by atomic mass is 10.0. The number of ketones is 1. The van der Waals surface area contributed by atoms with E-state index in [9.17, 15) is 4.79 Å². The van der Waals surface area contributed by atoms with Crippen LogP contribution in [0.4, 0.5) is 0 Å². The molecule has 4 N–H and O–H groups in total. The summed E-state index contributed by atoms with van der Waals surface area (Å²) >= 11 is 12.1. The summed E-state index contributed by atoms with van der Waals surface area (Å²) in [5.41, 5.74) is 13.7. The van der Waals surface area contributed by atoms with Crippen molar-refractivity contribution in [3.8, 4) is 0 Å². The van der Waals surface area contributed by atoms with Crippen LogP contribution in [0, 0.1) is 0 Å². The van der Waals surface area contributed by atoms with Gasteiger partial charge in [-0.3, -0.25) is 4.79 Å². The highest BCUT2D eigenvalue weighted by Crippen LogP contribution is 2.22. The van der Waals surface area contributed by atoms with Crippen LogP contribution in [0.1, 0.15) is 27.0 Å². The molecule has 0 radical (unpaired) electrons. The first-order chi connectivity index (χ1) is 9.56. The van der Waals surface area contributed by atoms with E-state index in [1.54, 1.807) is 36.4 Å². The molecule has 21 heavy (non-hydrogen) atoms. The van der Waals surface area contributed by atoms with Gasteiger partial charge in [0.2, 0.25) is 0 Å². The Kier molecular flexibility index (Phi) is 6.65. The van der Waals surface area contributed by atoms with Crippen molar-refractivity contribution in [2.45, 2.75) is 13.1 Å². The highest BCUT2D eigenvalue weighted by molar-refractivity contribution is 6.32. The molecule has 3 nitrogen and oxygen atoms in total. The van der Waals surface area contributed by atoms with Gasteiger partial charge in [0.15, 0.2) is 5.78 Å². The normalized spacial score (nSPS) is 10.1. The van der Waals surface area contributed by atoms with Gasteiger partial charge < -0.3 is 11.5 Å². The van der Waals surface area contributed by atoms with Crippen molar-refractivity contribution >= 4 is 41.4 Å². The minimum atomic E-state index is -0.138. The molecule has 0 spiro atoms. The molecule has 0 unspecified atom stereocenters. The zero-order chi connectivity index (χ0) is 14.7. The Balaban J connectivity index is 0.00000220. The Morgan fingerprint density at radius 1 is 0.857 bits per heavy atom. The van der Waals surface area contributed by atoms with E-state index in [1.807, 2.05) is 0 Å². The van der Waals surface area contributed by atoms with Gasteiger partial charge >= 0.3 is 0 Å². The van der Waals surface area contributed by atoms with Crippen molar-refractivity contribution in [2.24, 2.45) is 11.5 Å². The van der Waals surface area contributed by atoms with Crippen LogP contribution in [0.2, 0.25) is 10.0 Å². The predicted molar refractivity (Wildman–Crippen MR) is 89.4 cm³/mol. The third-order valence-electron chi connectivity index (χ3n) is 3.07. The molecule has 0 atom stereocenters. The topological polar surface area (TPSA) is 69.1 Å². The average Bonchev–Trinajstić information content (AvgIpc) is 2.46. The van der Waals surface area contributed by atoms with Gasteiger partial charge in [0.1, 0.15) is 0 Å². The molecule has 2 rings (SSSR count). The summed E-state index contributed by atoms with van der Waals surface area (Å²) in [7, 11) is 0. The maximum atomic E-state index is 12.4. The molecule has 6 heteroatoms. The number of halogens is 3. The van der Waals surface area contributed by atoms with E-state index >= 15 is 0 Å². The summed E-state index contributed by atoms with van der Waals surface area (Å²) < 4.78 is 0. The van der Waals surface area contributed by atoms with E-state index in [0.29, 0.717) is 34.3 Å². The first-order valence-corrected chi connectivity index (χ1v) is 6.84. The van der Waals surface area contributed by atoms with Crippen LogP contribution < -0.4 is 11.5 Å². The molecule has 0 fully saturated rings. The number of hydrogen-bond donors (Lipinski definition) is 2. The SMILES string of the molecule is Cl.NCc1ccc(C(=O)c2ccc(CN)c(Cl)c2)cc1Cl. The van der Waals surface area contributed by atoms with Gasteiger partial charge in [-0.25, -0.2) is 0 Å². The fraction of sp³-hybridized carbons (Fsp3) is 0.133. The number of hydrogen-bond acceptors (Lipinski definition) is 3. The zero-order valence-electron chi connectivity index (χ0n) is 11.1. The van der Waals surface area contributed by atoms with Gasteiger partial charge in [-0.1, -0.05) is 47.5 Å². The molecule has 0 aliphatic carbocycles. The van der Waals surface area contributed by atoms with E-state index in [-0.39, 0.29) is 18.2 Å². The summed E-state index contributed by atoms with van der Waals surface area (Å²) in [6.07, 6.45) is 0. The maximum absolute atomic E-state index is 12.4. The van der Waals surface area contributed by atoms with Crippen molar-refractivity contribution in [3.05, 3.63) is 68.7 Å². The highest BCUT2D eigenvalue weighted by atomic mass is 35.5. The van der Waals surface area contributed by atoms with Crippen molar-refractivity contribution in [1.29, 1.82) is 0 Å². The van der Waals surface area contributed by atoms with E-state index < -0.39 is 0 Å². The average molecular weight is 346 g/mol. The Morgan fingerprint density at radius 3 is 1.52 bits per heavy atom. The van der Waals surface area contributed by atoms with Gasteiger partial charge in [-0.2, -0.15) is 0 Å². The lowest BCUT2D eigenvalue weighted by Gasteiger charge is -2.07. The number of benzene rings is 2. The summed E-state index contributed by atoms with van der Waals surface area (Å²) in [5, 5.41) is 0.978. The van der Waals surface area contributed by atoms with E-state index in [2.05, 4.69) is 0 Å². The maximum Gasteiger partial charge on any atom is 0.193 e. The number of carbonyl (C=O) groups excluding carboxylic acids is 1. The molecule has 112 valence electrons. The monoisotopic (exact) mass is 344 g/mol. The summed E-state index contributed by atoms with van der Waals surface area (Å²) in [5.74, 6) is -0.138. The molecule has 0 aliphatic rings. The van der Waals surface area contributed by atoms with Crippen molar-refractivity contribution in [3.63, 3.8) is 0 Å². The first kappa shape index (κ1) is 18.0. The second-order valence-corrected chi connectivity index (χ2v) is 5.16. The third-order valence-corrected chi connectivity index (χ3v) is 3.77. The molecule has 0 amide bonds. The lowest BCUT2D eigenvalue weighted by molar-refractivity contribution is 0.103. The Morgan fingerprint density at radius 2 is 1.24 bits per heavy atom. The van der Waals surface area contributed by atoms with E-state index in [0.717, 1.165) is 11.1 Å². The molecule has 2 aromatic carbocycles. The molecule has 0 heterocycles. The standard InChI is InChI=1S/C15H14Cl2N2O.ClH/c16-13-5-9(1-3-11(13)7-18)15(20)10-2-4-12(8-19)14(17)6-10;/h1-6H,7-8,18-19H2;1H. The van der Waals surface area contributed by atoms with Crippen LogP contribution in [0.5, 0.6) is 0 Å². The van der Waals surface area contributed by atoms with Crippen LogP contribution in [0.3, 0.4) is 0 Å². The van der Waals surface area contributed by atoms with Crippen LogP contribution in [-0.2, 0) is 13.1 Å². The third kappa shape index (κ3) is 3.96. The second kappa shape index (κ2) is 7.78. The lowest BCUT2D eigenvalue weighted by Crippen LogP contribution is -2.05. The molecule has 0 aromatic heterocycles. The summed E-state index contributed by atoms with van der Waals surface area (Å²) in [4.78, 5) is 12.4. The van der Waals surface area contributed by atoms with Gasteiger partial charge in [0, 0.05) is 34.3 Å². The van der Waals surface area contributed by atoms with Crippen LogP contribution in [0.15, 0.2) is 36.4 Å². The minimum absolute atomic E-state index is 0. The zero-order valence-corrected chi connectivity index (χ0v) is 13.4. The second-order valence-electron chi connectivity index (χ2n) is 4.35. The Labute approximate surface area is 139 Å². The molecule has 0 bridgehead atoms. The molecule has 0 saturated heterocycles. The highest BCUT2D eigenvalue weighted by Gasteiger charge is 2.12. The molecular weight excluding hydrogens is 331 g/mol. The van der Waals surface area contributed by atoms with Gasteiger partial charge in [0.05, 0.1) is 0 Å². The van der Waals surface area contributed by atoms with Gasteiger partial charge in [0.25, 0.3) is 0 Å². The number of rotatable bonds is 4. The fourth-order valence-corrected chi connectivity index (χ4v) is 2.39. The predicted octanol–water partition coefficient (Wildman–Crippen LogP) is 3.56. The van der Waals surface area contributed by atoms with Crippen LogP contribution in [0.25, 0.3) is 0 Å². The number of nitrogens with two attached hydrogens (primary N) is 2. The largest absolute Gasteiger partial charge is 0.326 e. The summed E-state index contributed by atoms with van der Waals surface area (Å²) in [6.45, 7) is 0.675.